The lowest BCUT2D eigenvalue weighted by Crippen LogP contribution is -2.46. The van der Waals surface area contributed by atoms with Crippen molar-refractivity contribution in [3.63, 3.8) is 0 Å². The van der Waals surface area contributed by atoms with Crippen LogP contribution in [0.15, 0.2) is 0 Å². The molecular weight excluding hydrogens is 312 g/mol. The van der Waals surface area contributed by atoms with E-state index in [2.05, 4.69) is 11.9 Å². The van der Waals surface area contributed by atoms with Gasteiger partial charge in [0, 0.05) is 30.3 Å². The second kappa shape index (κ2) is 6.23. The minimum Gasteiger partial charge on any atom is -0.481 e. The van der Waals surface area contributed by atoms with Crippen molar-refractivity contribution in [2.24, 2.45) is 5.41 Å². The van der Waals surface area contributed by atoms with Crippen LogP contribution in [-0.2, 0) is 9.59 Å². The fraction of sp³-hybridized carbons (Fsp3) is 0.706. The number of hydrogen-bond donors (Lipinski definition) is 1. The van der Waals surface area contributed by atoms with E-state index in [-0.39, 0.29) is 12.3 Å². The summed E-state index contributed by atoms with van der Waals surface area (Å²) in [5, 5.41) is 10.5. The van der Waals surface area contributed by atoms with Gasteiger partial charge in [0.05, 0.1) is 16.1 Å². The van der Waals surface area contributed by atoms with Crippen LogP contribution in [0.3, 0.4) is 0 Å². The Bertz CT molecular complexity index is 602. The number of thiazole rings is 1. The van der Waals surface area contributed by atoms with Crippen LogP contribution in [-0.4, -0.2) is 40.0 Å². The molecule has 3 rings (SSSR count). The van der Waals surface area contributed by atoms with E-state index in [0.717, 1.165) is 36.5 Å². The highest BCUT2D eigenvalue weighted by Gasteiger charge is 2.46. The number of carboxylic acids is 1. The van der Waals surface area contributed by atoms with E-state index in [1.165, 1.54) is 4.88 Å². The van der Waals surface area contributed by atoms with Crippen LogP contribution in [0.25, 0.3) is 0 Å². The fourth-order valence-corrected chi connectivity index (χ4v) is 4.60. The van der Waals surface area contributed by atoms with Crippen LogP contribution in [0.5, 0.6) is 0 Å². The van der Waals surface area contributed by atoms with Crippen molar-refractivity contribution in [2.45, 2.75) is 58.3 Å². The van der Waals surface area contributed by atoms with Crippen molar-refractivity contribution in [3.05, 3.63) is 15.6 Å². The molecule has 126 valence electrons. The third-order valence-electron chi connectivity index (χ3n) is 5.42. The van der Waals surface area contributed by atoms with Crippen molar-refractivity contribution in [3.8, 4) is 0 Å². The summed E-state index contributed by atoms with van der Waals surface area (Å²) in [6, 6.07) is 0. The Hall–Kier alpha value is -1.43. The minimum atomic E-state index is -0.808. The van der Waals surface area contributed by atoms with Gasteiger partial charge in [-0.2, -0.15) is 0 Å². The number of likely N-dealkylation sites (tertiary alicyclic amines) is 1. The van der Waals surface area contributed by atoms with Gasteiger partial charge in [-0.1, -0.05) is 6.42 Å². The maximum atomic E-state index is 12.6. The molecule has 1 aromatic rings. The molecule has 5 nitrogen and oxygen atoms in total. The predicted octanol–water partition coefficient (Wildman–Crippen LogP) is 3.11. The highest BCUT2D eigenvalue weighted by Crippen LogP contribution is 2.45. The Kier molecular flexibility index (Phi) is 4.45. The number of aliphatic carboxylic acids is 1. The zero-order chi connectivity index (χ0) is 16.6. The second-order valence-electron chi connectivity index (χ2n) is 6.99. The molecule has 0 bridgehead atoms. The van der Waals surface area contributed by atoms with E-state index in [0.29, 0.717) is 25.3 Å². The largest absolute Gasteiger partial charge is 0.481 e. The fourth-order valence-electron chi connectivity index (χ4n) is 3.55. The van der Waals surface area contributed by atoms with Gasteiger partial charge in [0.15, 0.2) is 0 Å². The summed E-state index contributed by atoms with van der Waals surface area (Å²) >= 11 is 1.73. The lowest BCUT2D eigenvalue weighted by Gasteiger charge is -2.40. The zero-order valence-corrected chi connectivity index (χ0v) is 14.6. The number of carbonyl (C=O) groups is 2. The monoisotopic (exact) mass is 336 g/mol. The van der Waals surface area contributed by atoms with Crippen LogP contribution in [0.4, 0.5) is 0 Å². The number of amides is 1. The summed E-state index contributed by atoms with van der Waals surface area (Å²) in [6.07, 6.45) is 4.37. The SMILES string of the molecule is Cc1nc(C2CCCN(C(=O)CC3(C(=O)O)CCC3)C2)sc1C. The molecular formula is C17H24N2O3S. The van der Waals surface area contributed by atoms with Crippen LogP contribution in [0, 0.1) is 19.3 Å². The number of piperidine rings is 1. The van der Waals surface area contributed by atoms with Gasteiger partial charge in [-0.05, 0) is 39.5 Å². The summed E-state index contributed by atoms with van der Waals surface area (Å²) in [5.41, 5.74) is 0.283. The Labute approximate surface area is 140 Å². The van der Waals surface area contributed by atoms with E-state index < -0.39 is 11.4 Å². The molecule has 1 aromatic heterocycles. The van der Waals surface area contributed by atoms with Gasteiger partial charge in [0.2, 0.25) is 5.91 Å². The van der Waals surface area contributed by atoms with Crippen molar-refractivity contribution < 1.29 is 14.7 Å². The first-order valence-corrected chi connectivity index (χ1v) is 9.18. The lowest BCUT2D eigenvalue weighted by molar-refractivity contribution is -0.159. The van der Waals surface area contributed by atoms with Crippen LogP contribution >= 0.6 is 11.3 Å². The molecule has 2 aliphatic rings. The Morgan fingerprint density at radius 2 is 2.09 bits per heavy atom. The van der Waals surface area contributed by atoms with E-state index >= 15 is 0 Å². The Morgan fingerprint density at radius 3 is 2.61 bits per heavy atom. The molecule has 6 heteroatoms. The molecule has 1 N–H and O–H groups in total. The molecule has 1 atom stereocenters. The van der Waals surface area contributed by atoms with Gasteiger partial charge in [-0.15, -0.1) is 11.3 Å². The topological polar surface area (TPSA) is 70.5 Å². The standard InChI is InChI=1S/C17H24N2O3S/c1-11-12(2)23-15(18-11)13-5-3-8-19(10-13)14(20)9-17(16(21)22)6-4-7-17/h13H,3-10H2,1-2H3,(H,21,22). The maximum absolute atomic E-state index is 12.6. The number of carboxylic acid groups (broad SMARTS) is 1. The summed E-state index contributed by atoms with van der Waals surface area (Å²) in [5.74, 6) is -0.508. The Morgan fingerprint density at radius 1 is 1.35 bits per heavy atom. The molecule has 0 spiro atoms. The summed E-state index contributed by atoms with van der Waals surface area (Å²) in [4.78, 5) is 31.8. The predicted molar refractivity (Wildman–Crippen MR) is 88.7 cm³/mol. The number of aromatic nitrogens is 1. The van der Waals surface area contributed by atoms with Crippen molar-refractivity contribution >= 4 is 23.2 Å². The smallest absolute Gasteiger partial charge is 0.310 e. The van der Waals surface area contributed by atoms with E-state index in [1.54, 1.807) is 11.3 Å². The molecule has 23 heavy (non-hydrogen) atoms. The van der Waals surface area contributed by atoms with Gasteiger partial charge >= 0.3 is 5.97 Å². The maximum Gasteiger partial charge on any atom is 0.310 e. The first-order valence-electron chi connectivity index (χ1n) is 8.36. The highest BCUT2D eigenvalue weighted by molar-refractivity contribution is 7.11. The Balaban J connectivity index is 1.66. The highest BCUT2D eigenvalue weighted by atomic mass is 32.1. The molecule has 1 unspecified atom stereocenters. The minimum absolute atomic E-state index is 0.00167. The number of nitrogens with zero attached hydrogens (tertiary/aromatic N) is 2. The molecule has 2 fully saturated rings. The zero-order valence-electron chi connectivity index (χ0n) is 13.8. The number of rotatable bonds is 4. The van der Waals surface area contributed by atoms with Crippen LogP contribution in [0.1, 0.15) is 60.0 Å². The van der Waals surface area contributed by atoms with Gasteiger partial charge in [-0.3, -0.25) is 9.59 Å². The van der Waals surface area contributed by atoms with Gasteiger partial charge < -0.3 is 10.0 Å². The van der Waals surface area contributed by atoms with Gasteiger partial charge in [0.1, 0.15) is 0 Å². The third-order valence-corrected chi connectivity index (χ3v) is 6.66. The van der Waals surface area contributed by atoms with Gasteiger partial charge in [0.25, 0.3) is 0 Å². The van der Waals surface area contributed by atoms with Crippen LogP contribution in [0.2, 0.25) is 0 Å². The second-order valence-corrected chi connectivity index (χ2v) is 8.22. The average Bonchev–Trinajstić information content (AvgIpc) is 2.82. The molecule has 1 amide bonds. The molecule has 1 aliphatic carbocycles. The van der Waals surface area contributed by atoms with Crippen molar-refractivity contribution in [2.75, 3.05) is 13.1 Å². The molecule has 2 heterocycles. The number of hydrogen-bond acceptors (Lipinski definition) is 4. The lowest BCUT2D eigenvalue weighted by atomic mass is 9.66. The van der Waals surface area contributed by atoms with E-state index in [9.17, 15) is 14.7 Å². The summed E-state index contributed by atoms with van der Waals surface area (Å²) in [7, 11) is 0. The quantitative estimate of drug-likeness (QED) is 0.917. The first-order chi connectivity index (χ1) is 10.9. The van der Waals surface area contributed by atoms with Gasteiger partial charge in [-0.25, -0.2) is 4.98 Å². The molecule has 0 aromatic carbocycles. The van der Waals surface area contributed by atoms with Crippen molar-refractivity contribution in [1.82, 2.24) is 9.88 Å². The van der Waals surface area contributed by atoms with Crippen LogP contribution < -0.4 is 0 Å². The summed E-state index contributed by atoms with van der Waals surface area (Å²) in [6.45, 7) is 5.53. The molecule has 1 saturated carbocycles. The number of carbonyl (C=O) groups excluding carboxylic acids is 1. The molecule has 1 aliphatic heterocycles. The first kappa shape index (κ1) is 16.4. The molecule has 0 radical (unpaired) electrons. The average molecular weight is 336 g/mol. The number of aryl methyl sites for hydroxylation is 2. The van der Waals surface area contributed by atoms with E-state index in [1.807, 2.05) is 11.8 Å². The van der Waals surface area contributed by atoms with Crippen molar-refractivity contribution in [1.29, 1.82) is 0 Å². The normalized spacial score (nSPS) is 23.4. The third kappa shape index (κ3) is 3.13. The summed E-state index contributed by atoms with van der Waals surface area (Å²) < 4.78 is 0. The van der Waals surface area contributed by atoms with E-state index in [4.69, 9.17) is 0 Å². The molecule has 1 saturated heterocycles.